The standard InChI is InChI=1S/C14H15N3O4/c1-7-12(8(2)17(3)16-7)13(19)15-9-4-5-11(18)10(6-9)14(20)21/h4-6,18H,1-3H3,(H,15,19)(H,20,21). The number of aryl methyl sites for hydroxylation is 2. The third-order valence-corrected chi connectivity index (χ3v) is 3.22. The van der Waals surface area contributed by atoms with Crippen molar-refractivity contribution in [3.8, 4) is 5.75 Å². The second-order valence-electron chi connectivity index (χ2n) is 4.66. The Bertz CT molecular complexity index is 734. The number of hydrogen-bond donors (Lipinski definition) is 3. The Balaban J connectivity index is 2.32. The van der Waals surface area contributed by atoms with Gasteiger partial charge in [0, 0.05) is 18.4 Å². The zero-order valence-electron chi connectivity index (χ0n) is 11.8. The lowest BCUT2D eigenvalue weighted by molar-refractivity contribution is 0.0693. The summed E-state index contributed by atoms with van der Waals surface area (Å²) in [4.78, 5) is 23.2. The average molecular weight is 289 g/mol. The molecule has 110 valence electrons. The molecule has 7 nitrogen and oxygen atoms in total. The average Bonchev–Trinajstić information content (AvgIpc) is 2.65. The van der Waals surface area contributed by atoms with Gasteiger partial charge in [-0.25, -0.2) is 4.79 Å². The number of aromatic carboxylic acids is 1. The molecule has 7 heteroatoms. The zero-order chi connectivity index (χ0) is 15.7. The fourth-order valence-electron chi connectivity index (χ4n) is 2.08. The number of aromatic hydroxyl groups is 1. The fourth-order valence-corrected chi connectivity index (χ4v) is 2.08. The predicted molar refractivity (Wildman–Crippen MR) is 75.7 cm³/mol. The first-order valence-corrected chi connectivity index (χ1v) is 6.19. The van der Waals surface area contributed by atoms with Crippen LogP contribution in [0.25, 0.3) is 0 Å². The summed E-state index contributed by atoms with van der Waals surface area (Å²) in [5.41, 5.74) is 1.76. The highest BCUT2D eigenvalue weighted by Gasteiger charge is 2.18. The van der Waals surface area contributed by atoms with Crippen molar-refractivity contribution >= 4 is 17.6 Å². The molecule has 0 radical (unpaired) electrons. The Morgan fingerprint density at radius 3 is 2.48 bits per heavy atom. The number of nitrogens with one attached hydrogen (secondary N) is 1. The minimum atomic E-state index is -1.27. The van der Waals surface area contributed by atoms with Crippen molar-refractivity contribution in [1.29, 1.82) is 0 Å². The van der Waals surface area contributed by atoms with Gasteiger partial charge in [0.15, 0.2) is 0 Å². The molecule has 0 bridgehead atoms. The van der Waals surface area contributed by atoms with Gasteiger partial charge in [-0.2, -0.15) is 5.10 Å². The van der Waals surface area contributed by atoms with E-state index in [2.05, 4.69) is 10.4 Å². The smallest absolute Gasteiger partial charge is 0.339 e. The molecule has 3 N–H and O–H groups in total. The second kappa shape index (κ2) is 5.28. The van der Waals surface area contributed by atoms with Crippen molar-refractivity contribution < 1.29 is 19.8 Å². The highest BCUT2D eigenvalue weighted by atomic mass is 16.4. The number of nitrogens with zero attached hydrogens (tertiary/aromatic N) is 2. The highest BCUT2D eigenvalue weighted by molar-refractivity contribution is 6.06. The lowest BCUT2D eigenvalue weighted by atomic mass is 10.1. The van der Waals surface area contributed by atoms with Crippen LogP contribution in [0.3, 0.4) is 0 Å². The van der Waals surface area contributed by atoms with Crippen LogP contribution in [0.4, 0.5) is 5.69 Å². The molecule has 1 aromatic carbocycles. The predicted octanol–water partition coefficient (Wildman–Crippen LogP) is 1.69. The summed E-state index contributed by atoms with van der Waals surface area (Å²) in [5.74, 6) is -1.99. The van der Waals surface area contributed by atoms with Crippen LogP contribution in [0.1, 0.15) is 32.1 Å². The van der Waals surface area contributed by atoms with E-state index < -0.39 is 5.97 Å². The summed E-state index contributed by atoms with van der Waals surface area (Å²) in [7, 11) is 1.74. The van der Waals surface area contributed by atoms with Crippen molar-refractivity contribution in [2.75, 3.05) is 5.32 Å². The van der Waals surface area contributed by atoms with Gasteiger partial charge in [-0.3, -0.25) is 9.48 Å². The summed E-state index contributed by atoms with van der Waals surface area (Å²) in [6.07, 6.45) is 0. The summed E-state index contributed by atoms with van der Waals surface area (Å²) in [5, 5.41) is 25.2. The number of benzene rings is 1. The molecule has 0 spiro atoms. The lowest BCUT2D eigenvalue weighted by Gasteiger charge is -2.07. The van der Waals surface area contributed by atoms with E-state index in [1.807, 2.05) is 0 Å². The molecule has 0 saturated heterocycles. The molecule has 2 rings (SSSR count). The van der Waals surface area contributed by atoms with Gasteiger partial charge in [-0.1, -0.05) is 0 Å². The van der Waals surface area contributed by atoms with Gasteiger partial charge in [0.1, 0.15) is 11.3 Å². The Morgan fingerprint density at radius 1 is 1.29 bits per heavy atom. The van der Waals surface area contributed by atoms with Crippen LogP contribution in [0.2, 0.25) is 0 Å². The fraction of sp³-hybridized carbons (Fsp3) is 0.214. The van der Waals surface area contributed by atoms with Crippen molar-refractivity contribution in [3.05, 3.63) is 40.7 Å². The number of anilines is 1. The highest BCUT2D eigenvalue weighted by Crippen LogP contribution is 2.22. The van der Waals surface area contributed by atoms with Gasteiger partial charge in [-0.15, -0.1) is 0 Å². The number of carbonyl (C=O) groups is 2. The SMILES string of the molecule is Cc1nn(C)c(C)c1C(=O)Nc1ccc(O)c(C(=O)O)c1. The maximum absolute atomic E-state index is 12.3. The van der Waals surface area contributed by atoms with Gasteiger partial charge < -0.3 is 15.5 Å². The first-order chi connectivity index (χ1) is 9.81. The molecule has 0 aliphatic heterocycles. The molecule has 1 aromatic heterocycles. The molecule has 1 heterocycles. The van der Waals surface area contributed by atoms with E-state index in [4.69, 9.17) is 5.11 Å². The number of carbonyl (C=O) groups excluding carboxylic acids is 1. The van der Waals surface area contributed by atoms with Crippen LogP contribution < -0.4 is 5.32 Å². The normalized spacial score (nSPS) is 10.4. The van der Waals surface area contributed by atoms with E-state index in [0.29, 0.717) is 17.0 Å². The first kappa shape index (κ1) is 14.6. The summed E-state index contributed by atoms with van der Waals surface area (Å²) < 4.78 is 1.60. The molecule has 0 saturated carbocycles. The van der Waals surface area contributed by atoms with Crippen LogP contribution in [0.15, 0.2) is 18.2 Å². The molecule has 0 fully saturated rings. The summed E-state index contributed by atoms with van der Waals surface area (Å²) in [6, 6.07) is 3.86. The largest absolute Gasteiger partial charge is 0.507 e. The van der Waals surface area contributed by atoms with Gasteiger partial charge in [0.05, 0.1) is 11.3 Å². The van der Waals surface area contributed by atoms with E-state index in [9.17, 15) is 14.7 Å². The number of hydrogen-bond acceptors (Lipinski definition) is 4. The van der Waals surface area contributed by atoms with Crippen molar-refractivity contribution in [1.82, 2.24) is 9.78 Å². The minimum absolute atomic E-state index is 0.271. The van der Waals surface area contributed by atoms with E-state index in [1.165, 1.54) is 18.2 Å². The van der Waals surface area contributed by atoms with E-state index >= 15 is 0 Å². The monoisotopic (exact) mass is 289 g/mol. The Labute approximate surface area is 120 Å². The number of carboxylic acids is 1. The van der Waals surface area contributed by atoms with Crippen LogP contribution in [-0.4, -0.2) is 31.9 Å². The Hall–Kier alpha value is -2.83. The van der Waals surface area contributed by atoms with Crippen molar-refractivity contribution in [3.63, 3.8) is 0 Å². The van der Waals surface area contributed by atoms with Crippen molar-refractivity contribution in [2.24, 2.45) is 7.05 Å². The van der Waals surface area contributed by atoms with E-state index in [1.54, 1.807) is 25.6 Å². The Kier molecular flexibility index (Phi) is 3.66. The zero-order valence-corrected chi connectivity index (χ0v) is 11.8. The number of aromatic nitrogens is 2. The maximum atomic E-state index is 12.3. The Morgan fingerprint density at radius 2 is 1.95 bits per heavy atom. The number of rotatable bonds is 3. The quantitative estimate of drug-likeness (QED) is 0.746. The minimum Gasteiger partial charge on any atom is -0.507 e. The molecule has 0 aliphatic rings. The first-order valence-electron chi connectivity index (χ1n) is 6.19. The molecule has 21 heavy (non-hydrogen) atoms. The maximum Gasteiger partial charge on any atom is 0.339 e. The van der Waals surface area contributed by atoms with E-state index in [-0.39, 0.29) is 22.9 Å². The van der Waals surface area contributed by atoms with Gasteiger partial charge in [-0.05, 0) is 32.0 Å². The molecule has 0 aliphatic carbocycles. The van der Waals surface area contributed by atoms with Crippen LogP contribution in [0.5, 0.6) is 5.75 Å². The summed E-state index contributed by atoms with van der Waals surface area (Å²) >= 11 is 0. The topological polar surface area (TPSA) is 104 Å². The summed E-state index contributed by atoms with van der Waals surface area (Å²) in [6.45, 7) is 3.50. The molecular formula is C14H15N3O4. The van der Waals surface area contributed by atoms with Crippen LogP contribution >= 0.6 is 0 Å². The van der Waals surface area contributed by atoms with Gasteiger partial charge >= 0.3 is 5.97 Å². The molecule has 2 aromatic rings. The van der Waals surface area contributed by atoms with E-state index in [0.717, 1.165) is 0 Å². The number of phenols is 1. The third-order valence-electron chi connectivity index (χ3n) is 3.22. The molecule has 0 atom stereocenters. The molecule has 0 unspecified atom stereocenters. The third kappa shape index (κ3) is 2.71. The lowest BCUT2D eigenvalue weighted by Crippen LogP contribution is -2.14. The molecular weight excluding hydrogens is 274 g/mol. The second-order valence-corrected chi connectivity index (χ2v) is 4.66. The van der Waals surface area contributed by atoms with Crippen LogP contribution in [-0.2, 0) is 7.05 Å². The number of amides is 1. The molecule has 1 amide bonds. The van der Waals surface area contributed by atoms with Gasteiger partial charge in [0.25, 0.3) is 5.91 Å². The van der Waals surface area contributed by atoms with Crippen molar-refractivity contribution in [2.45, 2.75) is 13.8 Å². The number of carboxylic acid groups (broad SMARTS) is 1. The van der Waals surface area contributed by atoms with Crippen LogP contribution in [0, 0.1) is 13.8 Å². The van der Waals surface area contributed by atoms with Gasteiger partial charge in [0.2, 0.25) is 0 Å².